The Balaban J connectivity index is 1.95. The standard InChI is InChI=1S/C17H18FNO2/c1-12(20)14-9-15(18)11-16(10-14)19-8-7-13-3-5-17(21-2)6-4-13/h3-6,9-11,19H,7-8H2,1-2H3. The molecule has 0 atom stereocenters. The van der Waals surface area contributed by atoms with Crippen LogP contribution in [-0.4, -0.2) is 19.4 Å². The highest BCUT2D eigenvalue weighted by molar-refractivity contribution is 5.94. The summed E-state index contributed by atoms with van der Waals surface area (Å²) in [5, 5.41) is 3.13. The summed E-state index contributed by atoms with van der Waals surface area (Å²) in [5.74, 6) is 0.269. The fourth-order valence-corrected chi connectivity index (χ4v) is 2.04. The maximum Gasteiger partial charge on any atom is 0.159 e. The zero-order valence-electron chi connectivity index (χ0n) is 12.2. The highest BCUT2D eigenvalue weighted by Crippen LogP contribution is 2.15. The van der Waals surface area contributed by atoms with E-state index in [9.17, 15) is 9.18 Å². The Morgan fingerprint density at radius 3 is 2.52 bits per heavy atom. The number of carbonyl (C=O) groups excluding carboxylic acids is 1. The largest absolute Gasteiger partial charge is 0.497 e. The van der Waals surface area contributed by atoms with Crippen molar-refractivity contribution in [1.82, 2.24) is 0 Å². The normalized spacial score (nSPS) is 10.2. The number of carbonyl (C=O) groups is 1. The second-order valence-electron chi connectivity index (χ2n) is 4.81. The molecule has 0 bridgehead atoms. The van der Waals surface area contributed by atoms with Crippen LogP contribution in [0, 0.1) is 5.82 Å². The molecular formula is C17H18FNO2. The quantitative estimate of drug-likeness (QED) is 0.823. The lowest BCUT2D eigenvalue weighted by molar-refractivity contribution is 0.101. The molecule has 0 unspecified atom stereocenters. The van der Waals surface area contributed by atoms with E-state index in [0.29, 0.717) is 17.8 Å². The summed E-state index contributed by atoms with van der Waals surface area (Å²) in [6, 6.07) is 12.1. The summed E-state index contributed by atoms with van der Waals surface area (Å²) < 4.78 is 18.5. The molecule has 1 N–H and O–H groups in total. The van der Waals surface area contributed by atoms with Crippen molar-refractivity contribution in [3.63, 3.8) is 0 Å². The van der Waals surface area contributed by atoms with Crippen LogP contribution in [0.2, 0.25) is 0 Å². The molecule has 2 aromatic rings. The SMILES string of the molecule is COc1ccc(CCNc2cc(F)cc(C(C)=O)c2)cc1. The van der Waals surface area contributed by atoms with Crippen molar-refractivity contribution in [2.24, 2.45) is 0 Å². The number of benzene rings is 2. The maximum atomic E-state index is 13.4. The summed E-state index contributed by atoms with van der Waals surface area (Å²) in [6.45, 7) is 2.09. The fraction of sp³-hybridized carbons (Fsp3) is 0.235. The molecule has 21 heavy (non-hydrogen) atoms. The molecule has 4 heteroatoms. The maximum absolute atomic E-state index is 13.4. The summed E-state index contributed by atoms with van der Waals surface area (Å²) >= 11 is 0. The molecule has 0 aliphatic heterocycles. The zero-order valence-corrected chi connectivity index (χ0v) is 12.2. The fourth-order valence-electron chi connectivity index (χ4n) is 2.04. The number of methoxy groups -OCH3 is 1. The van der Waals surface area contributed by atoms with E-state index in [1.807, 2.05) is 24.3 Å². The number of Topliss-reactive ketones (excluding diaryl/α,β-unsaturated/α-hetero) is 1. The molecule has 0 saturated heterocycles. The van der Waals surface area contributed by atoms with E-state index in [2.05, 4.69) is 5.32 Å². The number of ether oxygens (including phenoxy) is 1. The lowest BCUT2D eigenvalue weighted by Gasteiger charge is -2.08. The van der Waals surface area contributed by atoms with Gasteiger partial charge in [0, 0.05) is 17.8 Å². The van der Waals surface area contributed by atoms with Crippen molar-refractivity contribution < 1.29 is 13.9 Å². The van der Waals surface area contributed by atoms with E-state index in [4.69, 9.17) is 4.74 Å². The average Bonchev–Trinajstić information content (AvgIpc) is 2.47. The number of hydrogen-bond acceptors (Lipinski definition) is 3. The average molecular weight is 287 g/mol. The van der Waals surface area contributed by atoms with Gasteiger partial charge in [-0.3, -0.25) is 4.79 Å². The van der Waals surface area contributed by atoms with Gasteiger partial charge in [0.2, 0.25) is 0 Å². The van der Waals surface area contributed by atoms with Crippen molar-refractivity contribution in [2.45, 2.75) is 13.3 Å². The summed E-state index contributed by atoms with van der Waals surface area (Å²) in [7, 11) is 1.63. The molecule has 0 aliphatic rings. The first-order chi connectivity index (χ1) is 10.1. The van der Waals surface area contributed by atoms with Gasteiger partial charge in [-0.1, -0.05) is 12.1 Å². The van der Waals surface area contributed by atoms with Crippen LogP contribution >= 0.6 is 0 Å². The smallest absolute Gasteiger partial charge is 0.159 e. The van der Waals surface area contributed by atoms with E-state index < -0.39 is 5.82 Å². The number of rotatable bonds is 6. The Hall–Kier alpha value is -2.36. The number of ketones is 1. The first-order valence-electron chi connectivity index (χ1n) is 6.77. The van der Waals surface area contributed by atoms with Gasteiger partial charge < -0.3 is 10.1 Å². The lowest BCUT2D eigenvalue weighted by atomic mass is 10.1. The van der Waals surface area contributed by atoms with E-state index in [0.717, 1.165) is 17.7 Å². The highest BCUT2D eigenvalue weighted by atomic mass is 19.1. The molecule has 2 aromatic carbocycles. The van der Waals surface area contributed by atoms with Gasteiger partial charge >= 0.3 is 0 Å². The summed E-state index contributed by atoms with van der Waals surface area (Å²) in [5.41, 5.74) is 2.15. The number of nitrogens with one attached hydrogen (secondary N) is 1. The zero-order chi connectivity index (χ0) is 15.2. The van der Waals surface area contributed by atoms with Crippen LogP contribution in [0.1, 0.15) is 22.8 Å². The highest BCUT2D eigenvalue weighted by Gasteiger charge is 2.04. The van der Waals surface area contributed by atoms with Crippen molar-refractivity contribution in [1.29, 1.82) is 0 Å². The van der Waals surface area contributed by atoms with Gasteiger partial charge in [0.15, 0.2) is 5.78 Å². The first-order valence-corrected chi connectivity index (χ1v) is 6.77. The van der Waals surface area contributed by atoms with Crippen LogP contribution in [0.15, 0.2) is 42.5 Å². The Bertz CT molecular complexity index is 623. The van der Waals surface area contributed by atoms with Crippen molar-refractivity contribution >= 4 is 11.5 Å². The van der Waals surface area contributed by atoms with E-state index in [1.54, 1.807) is 13.2 Å². The van der Waals surface area contributed by atoms with Crippen molar-refractivity contribution in [2.75, 3.05) is 19.0 Å². The third kappa shape index (κ3) is 4.31. The van der Waals surface area contributed by atoms with Crippen molar-refractivity contribution in [3.8, 4) is 5.75 Å². The molecular weight excluding hydrogens is 269 g/mol. The molecule has 0 heterocycles. The van der Waals surface area contributed by atoms with Crippen molar-refractivity contribution in [3.05, 3.63) is 59.4 Å². The van der Waals surface area contributed by atoms with Gasteiger partial charge in [0.1, 0.15) is 11.6 Å². The topological polar surface area (TPSA) is 38.3 Å². The van der Waals surface area contributed by atoms with Gasteiger partial charge in [-0.25, -0.2) is 4.39 Å². The number of anilines is 1. The Labute approximate surface area is 123 Å². The Kier molecular flexibility index (Phi) is 4.93. The minimum absolute atomic E-state index is 0.146. The Morgan fingerprint density at radius 2 is 1.90 bits per heavy atom. The Morgan fingerprint density at radius 1 is 1.19 bits per heavy atom. The third-order valence-corrected chi connectivity index (χ3v) is 3.21. The second kappa shape index (κ2) is 6.88. The van der Waals surface area contributed by atoms with Crippen LogP contribution in [-0.2, 0) is 6.42 Å². The molecule has 0 aliphatic carbocycles. The lowest BCUT2D eigenvalue weighted by Crippen LogP contribution is -2.06. The predicted molar refractivity (Wildman–Crippen MR) is 81.6 cm³/mol. The molecule has 3 nitrogen and oxygen atoms in total. The van der Waals surface area contributed by atoms with Crippen LogP contribution in [0.3, 0.4) is 0 Å². The summed E-state index contributed by atoms with van der Waals surface area (Å²) in [4.78, 5) is 11.3. The molecule has 0 aromatic heterocycles. The van der Waals surface area contributed by atoms with Crippen LogP contribution in [0.5, 0.6) is 5.75 Å². The van der Waals surface area contributed by atoms with Crippen LogP contribution < -0.4 is 10.1 Å². The van der Waals surface area contributed by atoms with Crippen LogP contribution in [0.25, 0.3) is 0 Å². The van der Waals surface area contributed by atoms with Gasteiger partial charge in [0.25, 0.3) is 0 Å². The number of hydrogen-bond donors (Lipinski definition) is 1. The van der Waals surface area contributed by atoms with Gasteiger partial charge in [-0.2, -0.15) is 0 Å². The van der Waals surface area contributed by atoms with E-state index in [1.165, 1.54) is 19.1 Å². The third-order valence-electron chi connectivity index (χ3n) is 3.21. The van der Waals surface area contributed by atoms with E-state index in [-0.39, 0.29) is 5.78 Å². The molecule has 0 spiro atoms. The van der Waals surface area contributed by atoms with Gasteiger partial charge in [-0.05, 0) is 49.2 Å². The molecule has 0 amide bonds. The van der Waals surface area contributed by atoms with Gasteiger partial charge in [-0.15, -0.1) is 0 Å². The molecule has 2 rings (SSSR count). The van der Waals surface area contributed by atoms with E-state index >= 15 is 0 Å². The minimum atomic E-state index is -0.408. The monoisotopic (exact) mass is 287 g/mol. The predicted octanol–water partition coefficient (Wildman–Crippen LogP) is 3.69. The number of halogens is 1. The minimum Gasteiger partial charge on any atom is -0.497 e. The second-order valence-corrected chi connectivity index (χ2v) is 4.81. The molecule has 0 saturated carbocycles. The van der Waals surface area contributed by atoms with Gasteiger partial charge in [0.05, 0.1) is 7.11 Å². The molecule has 0 radical (unpaired) electrons. The first kappa shape index (κ1) is 15.0. The molecule has 0 fully saturated rings. The molecule has 110 valence electrons. The van der Waals surface area contributed by atoms with Crippen LogP contribution in [0.4, 0.5) is 10.1 Å². The summed E-state index contributed by atoms with van der Waals surface area (Å²) in [6.07, 6.45) is 0.802.